The summed E-state index contributed by atoms with van der Waals surface area (Å²) in [7, 11) is 0. The summed E-state index contributed by atoms with van der Waals surface area (Å²) in [5.41, 5.74) is 0.481. The van der Waals surface area contributed by atoms with Crippen molar-refractivity contribution in [3.63, 3.8) is 0 Å². The van der Waals surface area contributed by atoms with E-state index in [-0.39, 0.29) is 10.8 Å². The van der Waals surface area contributed by atoms with Crippen LogP contribution in [0.15, 0.2) is 24.5 Å². The third kappa shape index (κ3) is 2.12. The highest BCUT2D eigenvalue weighted by atomic mass is 35.5. The second-order valence-corrected chi connectivity index (χ2v) is 4.15. The van der Waals surface area contributed by atoms with Gasteiger partial charge < -0.3 is 0 Å². The molecule has 16 heavy (non-hydrogen) atoms. The number of hydrogen-bond acceptors (Lipinski definition) is 2. The van der Waals surface area contributed by atoms with Crippen molar-refractivity contribution < 1.29 is 4.39 Å². The molecule has 2 nitrogen and oxygen atoms in total. The van der Waals surface area contributed by atoms with Crippen molar-refractivity contribution in [2.45, 2.75) is 0 Å². The Labute approximate surface area is 106 Å². The van der Waals surface area contributed by atoms with Crippen molar-refractivity contribution in [2.24, 2.45) is 0 Å². The van der Waals surface area contributed by atoms with E-state index in [0.29, 0.717) is 15.6 Å². The fourth-order valence-electron chi connectivity index (χ4n) is 1.22. The zero-order chi connectivity index (χ0) is 11.7. The SMILES string of the molecule is Fc1c(Cl)ncnc1-c1ccc(Cl)cc1Cl. The molecule has 1 aromatic carbocycles. The average molecular weight is 278 g/mol. The van der Waals surface area contributed by atoms with E-state index in [2.05, 4.69) is 9.97 Å². The van der Waals surface area contributed by atoms with Gasteiger partial charge in [0.2, 0.25) is 0 Å². The monoisotopic (exact) mass is 276 g/mol. The minimum atomic E-state index is -0.701. The van der Waals surface area contributed by atoms with Crippen LogP contribution in [0, 0.1) is 5.82 Å². The fraction of sp³-hybridized carbons (Fsp3) is 0. The Morgan fingerprint density at radius 2 is 1.81 bits per heavy atom. The van der Waals surface area contributed by atoms with E-state index in [4.69, 9.17) is 34.8 Å². The molecule has 2 aromatic rings. The van der Waals surface area contributed by atoms with E-state index in [9.17, 15) is 4.39 Å². The molecule has 0 saturated heterocycles. The summed E-state index contributed by atoms with van der Waals surface area (Å²) in [4.78, 5) is 7.32. The molecule has 6 heteroatoms. The average Bonchev–Trinajstić information content (AvgIpc) is 2.23. The van der Waals surface area contributed by atoms with E-state index in [0.717, 1.165) is 0 Å². The number of rotatable bonds is 1. The van der Waals surface area contributed by atoms with Gasteiger partial charge in [-0.1, -0.05) is 34.8 Å². The van der Waals surface area contributed by atoms with Gasteiger partial charge in [0, 0.05) is 10.6 Å². The van der Waals surface area contributed by atoms with E-state index < -0.39 is 5.82 Å². The maximum absolute atomic E-state index is 13.6. The first kappa shape index (κ1) is 11.6. The van der Waals surface area contributed by atoms with Crippen LogP contribution in [0.4, 0.5) is 4.39 Å². The zero-order valence-corrected chi connectivity index (χ0v) is 9.98. The van der Waals surface area contributed by atoms with Crippen molar-refractivity contribution in [3.05, 3.63) is 45.5 Å². The first-order valence-electron chi connectivity index (χ1n) is 4.21. The highest BCUT2D eigenvalue weighted by molar-refractivity contribution is 6.36. The van der Waals surface area contributed by atoms with Gasteiger partial charge in [0.15, 0.2) is 11.0 Å². The van der Waals surface area contributed by atoms with Gasteiger partial charge in [-0.15, -0.1) is 0 Å². The van der Waals surface area contributed by atoms with Crippen molar-refractivity contribution in [2.75, 3.05) is 0 Å². The molecule has 0 aliphatic carbocycles. The van der Waals surface area contributed by atoms with Crippen LogP contribution in [0.3, 0.4) is 0 Å². The lowest BCUT2D eigenvalue weighted by atomic mass is 10.1. The second kappa shape index (κ2) is 4.53. The molecule has 0 fully saturated rings. The molecule has 82 valence electrons. The Kier molecular flexibility index (Phi) is 3.28. The maximum Gasteiger partial charge on any atom is 0.186 e. The van der Waals surface area contributed by atoms with E-state index in [1.54, 1.807) is 12.1 Å². The van der Waals surface area contributed by atoms with Crippen molar-refractivity contribution in [3.8, 4) is 11.3 Å². The van der Waals surface area contributed by atoms with Gasteiger partial charge in [-0.25, -0.2) is 14.4 Å². The van der Waals surface area contributed by atoms with Gasteiger partial charge in [0.05, 0.1) is 5.02 Å². The Hall–Kier alpha value is -0.900. The molecule has 0 saturated carbocycles. The largest absolute Gasteiger partial charge is 0.233 e. The fourth-order valence-corrected chi connectivity index (χ4v) is 1.85. The second-order valence-electron chi connectivity index (χ2n) is 2.95. The molecule has 0 bridgehead atoms. The topological polar surface area (TPSA) is 25.8 Å². The number of benzene rings is 1. The summed E-state index contributed by atoms with van der Waals surface area (Å²) in [6.07, 6.45) is 1.17. The Morgan fingerprint density at radius 3 is 2.50 bits per heavy atom. The number of aromatic nitrogens is 2. The summed E-state index contributed by atoms with van der Waals surface area (Å²) in [5.74, 6) is -0.701. The van der Waals surface area contributed by atoms with Gasteiger partial charge in [0.25, 0.3) is 0 Å². The van der Waals surface area contributed by atoms with E-state index >= 15 is 0 Å². The van der Waals surface area contributed by atoms with E-state index in [1.165, 1.54) is 12.4 Å². The lowest BCUT2D eigenvalue weighted by Crippen LogP contribution is -1.93. The van der Waals surface area contributed by atoms with Crippen LogP contribution >= 0.6 is 34.8 Å². The van der Waals surface area contributed by atoms with Crippen molar-refractivity contribution in [1.82, 2.24) is 9.97 Å². The predicted octanol–water partition coefficient (Wildman–Crippen LogP) is 4.24. The lowest BCUT2D eigenvalue weighted by Gasteiger charge is -2.05. The Morgan fingerprint density at radius 1 is 1.06 bits per heavy atom. The summed E-state index contributed by atoms with van der Waals surface area (Å²) in [6, 6.07) is 4.68. The quantitative estimate of drug-likeness (QED) is 0.729. The third-order valence-electron chi connectivity index (χ3n) is 1.93. The van der Waals surface area contributed by atoms with Gasteiger partial charge in [0.1, 0.15) is 12.0 Å². The van der Waals surface area contributed by atoms with Crippen LogP contribution in [-0.4, -0.2) is 9.97 Å². The highest BCUT2D eigenvalue weighted by Crippen LogP contribution is 2.31. The smallest absolute Gasteiger partial charge is 0.186 e. The summed E-state index contributed by atoms with van der Waals surface area (Å²) < 4.78 is 13.6. The van der Waals surface area contributed by atoms with E-state index in [1.807, 2.05) is 0 Å². The first-order chi connectivity index (χ1) is 7.59. The van der Waals surface area contributed by atoms with Gasteiger partial charge in [-0.2, -0.15) is 0 Å². The van der Waals surface area contributed by atoms with Crippen LogP contribution in [0.25, 0.3) is 11.3 Å². The molecule has 0 radical (unpaired) electrons. The van der Waals surface area contributed by atoms with Crippen LogP contribution in [-0.2, 0) is 0 Å². The molecule has 0 amide bonds. The molecule has 0 atom stereocenters. The standard InChI is InChI=1S/C10H4Cl3FN2/c11-5-1-2-6(7(12)3-5)9-8(14)10(13)16-4-15-9/h1-4H. The summed E-state index contributed by atoms with van der Waals surface area (Å²) >= 11 is 17.2. The molecule has 1 heterocycles. The number of nitrogens with zero attached hydrogens (tertiary/aromatic N) is 2. The minimum absolute atomic E-state index is 0.0571. The molecule has 0 spiro atoms. The first-order valence-corrected chi connectivity index (χ1v) is 5.34. The normalized spacial score (nSPS) is 10.5. The molecule has 2 rings (SSSR count). The maximum atomic E-state index is 13.6. The van der Waals surface area contributed by atoms with Crippen LogP contribution < -0.4 is 0 Å². The molecule has 0 unspecified atom stereocenters. The predicted molar refractivity (Wildman–Crippen MR) is 62.5 cm³/mol. The summed E-state index contributed by atoms with van der Waals surface area (Å²) in [5, 5.41) is 0.534. The van der Waals surface area contributed by atoms with Crippen molar-refractivity contribution in [1.29, 1.82) is 0 Å². The highest BCUT2D eigenvalue weighted by Gasteiger charge is 2.14. The molecule has 0 aliphatic heterocycles. The van der Waals surface area contributed by atoms with Crippen LogP contribution in [0.2, 0.25) is 15.2 Å². The van der Waals surface area contributed by atoms with Gasteiger partial charge in [-0.3, -0.25) is 0 Å². The molecular formula is C10H4Cl3FN2. The zero-order valence-electron chi connectivity index (χ0n) is 7.72. The molecule has 1 aromatic heterocycles. The number of hydrogen-bond donors (Lipinski definition) is 0. The van der Waals surface area contributed by atoms with Crippen LogP contribution in [0.5, 0.6) is 0 Å². The molecular weight excluding hydrogens is 273 g/mol. The van der Waals surface area contributed by atoms with Crippen molar-refractivity contribution >= 4 is 34.8 Å². The summed E-state index contributed by atoms with van der Waals surface area (Å²) in [6.45, 7) is 0. The Bertz CT molecular complexity index is 546. The lowest BCUT2D eigenvalue weighted by molar-refractivity contribution is 0.618. The van der Waals surface area contributed by atoms with Crippen LogP contribution in [0.1, 0.15) is 0 Å². The molecule has 0 N–H and O–H groups in total. The minimum Gasteiger partial charge on any atom is -0.233 e. The van der Waals surface area contributed by atoms with Gasteiger partial charge >= 0.3 is 0 Å². The molecule has 0 aliphatic rings. The number of halogens is 4. The third-order valence-corrected chi connectivity index (χ3v) is 2.74. The van der Waals surface area contributed by atoms with Gasteiger partial charge in [-0.05, 0) is 18.2 Å². The Balaban J connectivity index is 2.63.